The maximum Gasteiger partial charge on any atom is 0.274 e. The van der Waals surface area contributed by atoms with Gasteiger partial charge in [0.15, 0.2) is 11.5 Å². The third kappa shape index (κ3) is 4.67. The fourth-order valence-electron chi connectivity index (χ4n) is 3.98. The van der Waals surface area contributed by atoms with Crippen LogP contribution in [0.15, 0.2) is 30.3 Å². The van der Waals surface area contributed by atoms with Gasteiger partial charge in [0.25, 0.3) is 11.1 Å². The monoisotopic (exact) mass is 454 g/mol. The normalized spacial score (nSPS) is 14.6. The van der Waals surface area contributed by atoms with E-state index in [0.717, 1.165) is 23.6 Å². The first-order valence-electron chi connectivity index (χ1n) is 11.2. The maximum atomic E-state index is 13.1. The van der Waals surface area contributed by atoms with Gasteiger partial charge < -0.3 is 19.1 Å². The van der Waals surface area contributed by atoms with Gasteiger partial charge in [-0.25, -0.2) is 4.98 Å². The van der Waals surface area contributed by atoms with E-state index in [0.29, 0.717) is 43.4 Å². The summed E-state index contributed by atoms with van der Waals surface area (Å²) in [5.74, 6) is 1.29. The molecule has 0 aliphatic carbocycles. The van der Waals surface area contributed by atoms with Crippen LogP contribution in [0.25, 0.3) is 10.2 Å². The Morgan fingerprint density at radius 2 is 1.72 bits per heavy atom. The van der Waals surface area contributed by atoms with Crippen LogP contribution in [0.5, 0.6) is 16.7 Å². The van der Waals surface area contributed by atoms with E-state index in [1.165, 1.54) is 15.8 Å². The third-order valence-corrected chi connectivity index (χ3v) is 6.79. The maximum absolute atomic E-state index is 13.1. The summed E-state index contributed by atoms with van der Waals surface area (Å²) in [5.41, 5.74) is 4.03. The van der Waals surface area contributed by atoms with E-state index in [-0.39, 0.29) is 12.0 Å². The zero-order valence-corrected chi connectivity index (χ0v) is 20.0. The van der Waals surface area contributed by atoms with Gasteiger partial charge in [0, 0.05) is 31.5 Å². The largest absolute Gasteiger partial charge is 0.490 e. The number of amides is 1. The number of ether oxygens (including phenoxy) is 3. The molecule has 0 N–H and O–H groups in total. The van der Waals surface area contributed by atoms with Crippen LogP contribution in [0.4, 0.5) is 0 Å². The lowest BCUT2D eigenvalue weighted by Gasteiger charge is -2.31. The van der Waals surface area contributed by atoms with Crippen molar-refractivity contribution < 1.29 is 19.0 Å². The average Bonchev–Trinajstić information content (AvgIpc) is 3.23. The van der Waals surface area contributed by atoms with E-state index >= 15 is 0 Å². The summed E-state index contributed by atoms with van der Waals surface area (Å²) < 4.78 is 18.7. The smallest absolute Gasteiger partial charge is 0.274 e. The molecule has 2 heterocycles. The molecule has 32 heavy (non-hydrogen) atoms. The highest BCUT2D eigenvalue weighted by Crippen LogP contribution is 2.34. The molecule has 3 aromatic rings. The van der Waals surface area contributed by atoms with Crippen molar-refractivity contribution in [3.8, 4) is 16.7 Å². The minimum Gasteiger partial charge on any atom is -0.490 e. The molecule has 0 unspecified atom stereocenters. The Kier molecular flexibility index (Phi) is 6.84. The van der Waals surface area contributed by atoms with Crippen LogP contribution in [-0.4, -0.2) is 48.2 Å². The molecule has 1 aliphatic heterocycles. The van der Waals surface area contributed by atoms with Crippen LogP contribution in [0, 0.1) is 13.8 Å². The minimum atomic E-state index is 0.0127. The van der Waals surface area contributed by atoms with Crippen molar-refractivity contribution in [3.05, 3.63) is 47.0 Å². The predicted octanol–water partition coefficient (Wildman–Crippen LogP) is 5.39. The summed E-state index contributed by atoms with van der Waals surface area (Å²) in [5, 5.41) is 0.718. The Bertz CT molecular complexity index is 1060. The second-order valence-electron chi connectivity index (χ2n) is 7.99. The number of aromatic nitrogens is 1. The average molecular weight is 455 g/mol. The van der Waals surface area contributed by atoms with Gasteiger partial charge in [-0.15, -0.1) is 0 Å². The Balaban J connectivity index is 1.39. The molecular formula is C25H30N2O4S. The highest BCUT2D eigenvalue weighted by Gasteiger charge is 2.26. The number of carbonyl (C=O) groups excluding carboxylic acids is 1. The van der Waals surface area contributed by atoms with Crippen LogP contribution in [0.3, 0.4) is 0 Å². The van der Waals surface area contributed by atoms with Gasteiger partial charge >= 0.3 is 0 Å². The van der Waals surface area contributed by atoms with Crippen molar-refractivity contribution in [1.29, 1.82) is 0 Å². The van der Waals surface area contributed by atoms with Crippen molar-refractivity contribution in [3.63, 3.8) is 0 Å². The van der Waals surface area contributed by atoms with Gasteiger partial charge in [-0.1, -0.05) is 23.5 Å². The van der Waals surface area contributed by atoms with E-state index in [1.54, 1.807) is 17.4 Å². The number of thiazole rings is 1. The first-order chi connectivity index (χ1) is 15.5. The summed E-state index contributed by atoms with van der Waals surface area (Å²) in [6.07, 6.45) is 1.64. The molecular weight excluding hydrogens is 424 g/mol. The fraction of sp³-hybridized carbons (Fsp3) is 0.440. The summed E-state index contributed by atoms with van der Waals surface area (Å²) in [6, 6.07) is 9.63. The van der Waals surface area contributed by atoms with Gasteiger partial charge in [-0.05, 0) is 57.0 Å². The van der Waals surface area contributed by atoms with Gasteiger partial charge in [0.2, 0.25) is 0 Å². The van der Waals surface area contributed by atoms with Gasteiger partial charge in [-0.3, -0.25) is 4.79 Å². The zero-order valence-electron chi connectivity index (χ0n) is 19.1. The van der Waals surface area contributed by atoms with Crippen molar-refractivity contribution >= 4 is 27.5 Å². The van der Waals surface area contributed by atoms with Gasteiger partial charge in [-0.2, -0.15) is 0 Å². The first-order valence-corrected chi connectivity index (χ1v) is 12.0. The van der Waals surface area contributed by atoms with E-state index in [9.17, 15) is 4.79 Å². The molecule has 1 aliphatic rings. The lowest BCUT2D eigenvalue weighted by Crippen LogP contribution is -2.41. The molecule has 0 saturated carbocycles. The molecule has 6 nitrogen and oxygen atoms in total. The third-order valence-electron chi connectivity index (χ3n) is 5.71. The number of hydrogen-bond donors (Lipinski definition) is 0. The van der Waals surface area contributed by atoms with Crippen molar-refractivity contribution in [2.75, 3.05) is 26.3 Å². The molecule has 170 valence electrons. The quantitative estimate of drug-likeness (QED) is 0.479. The number of carbonyl (C=O) groups is 1. The molecule has 0 atom stereocenters. The topological polar surface area (TPSA) is 60.9 Å². The standard InChI is InChI=1S/C25H30N2O4S/c1-5-29-20-10-9-18(15-21(20)30-6-2)24(28)27-13-11-19(12-14-27)31-25-26-22-16(3)7-8-17(4)23(22)32-25/h7-10,15,19H,5-6,11-14H2,1-4H3. The van der Waals surface area contributed by atoms with E-state index in [1.807, 2.05) is 30.9 Å². The Morgan fingerprint density at radius 1 is 1.03 bits per heavy atom. The van der Waals surface area contributed by atoms with E-state index < -0.39 is 0 Å². The summed E-state index contributed by atoms with van der Waals surface area (Å²) in [6.45, 7) is 10.4. The predicted molar refractivity (Wildman–Crippen MR) is 127 cm³/mol. The highest BCUT2D eigenvalue weighted by molar-refractivity contribution is 7.20. The Morgan fingerprint density at radius 3 is 2.41 bits per heavy atom. The number of hydrogen-bond acceptors (Lipinski definition) is 6. The summed E-state index contributed by atoms with van der Waals surface area (Å²) in [7, 11) is 0. The number of aryl methyl sites for hydroxylation is 2. The molecule has 1 amide bonds. The molecule has 2 aromatic carbocycles. The number of piperidine rings is 1. The van der Waals surface area contributed by atoms with Crippen molar-refractivity contribution in [1.82, 2.24) is 9.88 Å². The Hall–Kier alpha value is -2.80. The summed E-state index contributed by atoms with van der Waals surface area (Å²) >= 11 is 1.61. The molecule has 0 radical (unpaired) electrons. The number of fused-ring (bicyclic) bond motifs is 1. The van der Waals surface area contributed by atoms with Crippen LogP contribution >= 0.6 is 11.3 Å². The summed E-state index contributed by atoms with van der Waals surface area (Å²) in [4.78, 5) is 19.7. The SMILES string of the molecule is CCOc1ccc(C(=O)N2CCC(Oc3nc4c(C)ccc(C)c4s3)CC2)cc1OCC. The minimum absolute atomic E-state index is 0.0127. The molecule has 1 saturated heterocycles. The molecule has 0 spiro atoms. The number of likely N-dealkylation sites (tertiary alicyclic amines) is 1. The number of rotatable bonds is 7. The molecule has 7 heteroatoms. The molecule has 0 bridgehead atoms. The van der Waals surface area contributed by atoms with Gasteiger partial charge in [0.1, 0.15) is 6.10 Å². The lowest BCUT2D eigenvalue weighted by atomic mass is 10.1. The zero-order chi connectivity index (χ0) is 22.7. The second-order valence-corrected chi connectivity index (χ2v) is 8.96. The molecule has 1 fully saturated rings. The van der Waals surface area contributed by atoms with Crippen LogP contribution in [-0.2, 0) is 0 Å². The Labute approximate surface area is 193 Å². The van der Waals surface area contributed by atoms with Crippen LogP contribution < -0.4 is 14.2 Å². The molecule has 4 rings (SSSR count). The first kappa shape index (κ1) is 22.4. The number of nitrogens with zero attached hydrogens (tertiary/aromatic N) is 2. The second kappa shape index (κ2) is 9.77. The highest BCUT2D eigenvalue weighted by atomic mass is 32.1. The lowest BCUT2D eigenvalue weighted by molar-refractivity contribution is 0.0595. The van der Waals surface area contributed by atoms with Crippen molar-refractivity contribution in [2.45, 2.75) is 46.6 Å². The number of benzene rings is 2. The van der Waals surface area contributed by atoms with Crippen molar-refractivity contribution in [2.24, 2.45) is 0 Å². The van der Waals surface area contributed by atoms with Gasteiger partial charge in [0.05, 0.1) is 23.4 Å². The van der Waals surface area contributed by atoms with Crippen LogP contribution in [0.1, 0.15) is 48.2 Å². The fourth-order valence-corrected chi connectivity index (χ4v) is 5.00. The molecule has 1 aromatic heterocycles. The van der Waals surface area contributed by atoms with E-state index in [2.05, 4.69) is 26.0 Å². The van der Waals surface area contributed by atoms with E-state index in [4.69, 9.17) is 19.2 Å². The van der Waals surface area contributed by atoms with Crippen LogP contribution in [0.2, 0.25) is 0 Å².